The smallest absolute Gasteiger partial charge is 0.230 e. The Morgan fingerprint density at radius 1 is 1.67 bits per heavy atom. The zero-order valence-electron chi connectivity index (χ0n) is 8.90. The summed E-state index contributed by atoms with van der Waals surface area (Å²) in [6, 6.07) is 4.06. The van der Waals surface area contributed by atoms with Crippen molar-refractivity contribution >= 4 is 17.2 Å². The van der Waals surface area contributed by atoms with Gasteiger partial charge in [0.15, 0.2) is 0 Å². The maximum absolute atomic E-state index is 12.0. The minimum Gasteiger partial charge on any atom is -0.340 e. The van der Waals surface area contributed by atoms with Gasteiger partial charge in [-0.25, -0.2) is 0 Å². The molecule has 1 aliphatic carbocycles. The number of carbonyl (C=O) groups excluding carboxylic acids is 1. The third-order valence-corrected chi connectivity index (χ3v) is 3.88. The minimum absolute atomic E-state index is 0.207. The Kier molecular flexibility index (Phi) is 2.80. The molecule has 82 valence electrons. The molecule has 15 heavy (non-hydrogen) atoms. The predicted molar refractivity (Wildman–Crippen MR) is 61.5 cm³/mol. The minimum atomic E-state index is -0.216. The molecule has 3 nitrogen and oxygen atoms in total. The molecule has 2 N–H and O–H groups in total. The van der Waals surface area contributed by atoms with Gasteiger partial charge >= 0.3 is 0 Å². The number of rotatable bonds is 4. The summed E-state index contributed by atoms with van der Waals surface area (Å²) in [5.74, 6) is 0.207. The van der Waals surface area contributed by atoms with Gasteiger partial charge in [-0.2, -0.15) is 0 Å². The Balaban J connectivity index is 1.96. The van der Waals surface area contributed by atoms with Crippen molar-refractivity contribution in [2.75, 3.05) is 13.6 Å². The van der Waals surface area contributed by atoms with E-state index in [4.69, 9.17) is 5.73 Å². The highest BCUT2D eigenvalue weighted by Gasteiger charge is 2.49. The molecule has 0 aromatic carbocycles. The van der Waals surface area contributed by atoms with Crippen molar-refractivity contribution in [2.24, 2.45) is 11.1 Å². The Hall–Kier alpha value is -0.870. The summed E-state index contributed by atoms with van der Waals surface area (Å²) >= 11 is 1.68. The number of hydrogen-bond acceptors (Lipinski definition) is 3. The molecule has 1 amide bonds. The lowest BCUT2D eigenvalue weighted by molar-refractivity contribution is -0.135. The fraction of sp³-hybridized carbons (Fsp3) is 0.545. The number of nitrogens with zero attached hydrogens (tertiary/aromatic N) is 1. The van der Waals surface area contributed by atoms with Crippen LogP contribution in [0.3, 0.4) is 0 Å². The van der Waals surface area contributed by atoms with Gasteiger partial charge in [-0.3, -0.25) is 4.79 Å². The fourth-order valence-electron chi connectivity index (χ4n) is 1.77. The molecule has 1 aliphatic rings. The molecule has 2 rings (SSSR count). The topological polar surface area (TPSA) is 46.3 Å². The molecule has 0 aliphatic heterocycles. The van der Waals surface area contributed by atoms with Crippen molar-refractivity contribution in [2.45, 2.75) is 19.4 Å². The Bertz CT molecular complexity index is 343. The van der Waals surface area contributed by atoms with Gasteiger partial charge in [0.1, 0.15) is 0 Å². The fourth-order valence-corrected chi connectivity index (χ4v) is 2.53. The Labute approximate surface area is 93.9 Å². The molecule has 1 aromatic heterocycles. The van der Waals surface area contributed by atoms with Crippen molar-refractivity contribution in [3.05, 3.63) is 22.4 Å². The van der Waals surface area contributed by atoms with E-state index in [9.17, 15) is 4.79 Å². The van der Waals surface area contributed by atoms with Crippen LogP contribution in [-0.2, 0) is 11.3 Å². The van der Waals surface area contributed by atoms with Gasteiger partial charge < -0.3 is 10.6 Å². The highest BCUT2D eigenvalue weighted by Crippen LogP contribution is 2.46. The first kappa shape index (κ1) is 10.6. The van der Waals surface area contributed by atoms with Crippen LogP contribution in [0.1, 0.15) is 17.7 Å². The van der Waals surface area contributed by atoms with Crippen LogP contribution in [0.4, 0.5) is 0 Å². The lowest BCUT2D eigenvalue weighted by Gasteiger charge is -2.21. The molecular formula is C11H16N2OS. The first-order valence-corrected chi connectivity index (χ1v) is 6.04. The molecule has 1 fully saturated rings. The number of hydrogen-bond donors (Lipinski definition) is 1. The summed E-state index contributed by atoms with van der Waals surface area (Å²) in [4.78, 5) is 15.1. The zero-order valence-corrected chi connectivity index (χ0v) is 9.72. The molecule has 0 spiro atoms. The van der Waals surface area contributed by atoms with Crippen LogP contribution < -0.4 is 5.73 Å². The van der Waals surface area contributed by atoms with Gasteiger partial charge in [0, 0.05) is 18.5 Å². The summed E-state index contributed by atoms with van der Waals surface area (Å²) in [7, 11) is 1.86. The maximum Gasteiger partial charge on any atom is 0.230 e. The van der Waals surface area contributed by atoms with Crippen LogP contribution in [0, 0.1) is 5.41 Å². The quantitative estimate of drug-likeness (QED) is 0.841. The van der Waals surface area contributed by atoms with E-state index in [1.54, 1.807) is 16.2 Å². The van der Waals surface area contributed by atoms with E-state index in [-0.39, 0.29) is 11.3 Å². The summed E-state index contributed by atoms with van der Waals surface area (Å²) in [5, 5.41) is 2.03. The van der Waals surface area contributed by atoms with E-state index in [0.717, 1.165) is 12.8 Å². The molecule has 1 saturated carbocycles. The maximum atomic E-state index is 12.0. The van der Waals surface area contributed by atoms with Crippen molar-refractivity contribution in [3.8, 4) is 0 Å². The Morgan fingerprint density at radius 3 is 2.87 bits per heavy atom. The monoisotopic (exact) mass is 224 g/mol. The van der Waals surface area contributed by atoms with Crippen LogP contribution in [0.2, 0.25) is 0 Å². The van der Waals surface area contributed by atoms with Crippen molar-refractivity contribution in [3.63, 3.8) is 0 Å². The first-order chi connectivity index (χ1) is 7.18. The first-order valence-electron chi connectivity index (χ1n) is 5.16. The van der Waals surface area contributed by atoms with Gasteiger partial charge in [0.05, 0.1) is 12.0 Å². The second kappa shape index (κ2) is 3.94. The third-order valence-electron chi connectivity index (χ3n) is 3.02. The van der Waals surface area contributed by atoms with E-state index in [0.29, 0.717) is 13.1 Å². The predicted octanol–water partition coefficient (Wildman–Crippen LogP) is 1.45. The number of nitrogens with two attached hydrogens (primary N) is 1. The Morgan fingerprint density at radius 2 is 2.40 bits per heavy atom. The second-order valence-corrected chi connectivity index (χ2v) is 5.26. The molecule has 0 bridgehead atoms. The normalized spacial score (nSPS) is 17.5. The van der Waals surface area contributed by atoms with Gasteiger partial charge in [0.2, 0.25) is 5.91 Å². The average molecular weight is 224 g/mol. The third kappa shape index (κ3) is 2.06. The highest BCUT2D eigenvalue weighted by atomic mass is 32.1. The van der Waals surface area contributed by atoms with E-state index in [1.165, 1.54) is 4.88 Å². The van der Waals surface area contributed by atoms with E-state index in [2.05, 4.69) is 6.07 Å². The van der Waals surface area contributed by atoms with E-state index >= 15 is 0 Å². The molecule has 1 heterocycles. The zero-order chi connectivity index (χ0) is 10.9. The largest absolute Gasteiger partial charge is 0.340 e. The van der Waals surface area contributed by atoms with Gasteiger partial charge in [-0.05, 0) is 24.3 Å². The van der Waals surface area contributed by atoms with E-state index in [1.807, 2.05) is 18.5 Å². The van der Waals surface area contributed by atoms with Crippen LogP contribution in [0.25, 0.3) is 0 Å². The van der Waals surface area contributed by atoms with Gasteiger partial charge in [0.25, 0.3) is 0 Å². The van der Waals surface area contributed by atoms with Gasteiger partial charge in [-0.15, -0.1) is 11.3 Å². The van der Waals surface area contributed by atoms with Crippen LogP contribution >= 0.6 is 11.3 Å². The standard InChI is InChI=1S/C11H16N2OS/c1-13(7-9-3-2-6-15-9)10(14)11(8-12)4-5-11/h2-3,6H,4-5,7-8,12H2,1H3. The summed E-state index contributed by atoms with van der Waals surface area (Å²) in [5.41, 5.74) is 5.42. The lowest BCUT2D eigenvalue weighted by atomic mass is 10.1. The molecule has 1 aromatic rings. The van der Waals surface area contributed by atoms with Crippen LogP contribution in [0.15, 0.2) is 17.5 Å². The van der Waals surface area contributed by atoms with Crippen molar-refractivity contribution in [1.29, 1.82) is 0 Å². The average Bonchev–Trinajstić information content (AvgIpc) is 2.89. The van der Waals surface area contributed by atoms with E-state index < -0.39 is 0 Å². The molecular weight excluding hydrogens is 208 g/mol. The van der Waals surface area contributed by atoms with Crippen molar-refractivity contribution < 1.29 is 4.79 Å². The molecule has 4 heteroatoms. The van der Waals surface area contributed by atoms with Gasteiger partial charge in [-0.1, -0.05) is 6.07 Å². The van der Waals surface area contributed by atoms with Crippen LogP contribution in [-0.4, -0.2) is 24.4 Å². The SMILES string of the molecule is CN(Cc1cccs1)C(=O)C1(CN)CC1. The van der Waals surface area contributed by atoms with Crippen LogP contribution in [0.5, 0.6) is 0 Å². The number of thiophene rings is 1. The van der Waals surface area contributed by atoms with Crippen molar-refractivity contribution in [1.82, 2.24) is 4.90 Å². The highest BCUT2D eigenvalue weighted by molar-refractivity contribution is 7.09. The summed E-state index contributed by atoms with van der Waals surface area (Å²) in [6.45, 7) is 1.19. The molecule has 0 radical (unpaired) electrons. The number of amides is 1. The second-order valence-electron chi connectivity index (χ2n) is 4.23. The molecule has 0 atom stereocenters. The molecule has 0 unspecified atom stereocenters. The molecule has 0 saturated heterocycles. The lowest BCUT2D eigenvalue weighted by Crippen LogP contribution is -2.37. The number of carbonyl (C=O) groups is 1. The summed E-state index contributed by atoms with van der Waals surface area (Å²) < 4.78 is 0. The summed E-state index contributed by atoms with van der Waals surface area (Å²) in [6.07, 6.45) is 1.91.